The highest BCUT2D eigenvalue weighted by Crippen LogP contribution is 2.24. The first-order valence-corrected chi connectivity index (χ1v) is 10.6. The van der Waals surface area contributed by atoms with Gasteiger partial charge in [0.05, 0.1) is 10.9 Å². The fourth-order valence-electron chi connectivity index (χ4n) is 2.98. The van der Waals surface area contributed by atoms with Gasteiger partial charge in [-0.05, 0) is 60.4 Å². The molecule has 0 aromatic heterocycles. The highest BCUT2D eigenvalue weighted by atomic mass is 32.2. The van der Waals surface area contributed by atoms with Gasteiger partial charge in [0.25, 0.3) is 0 Å². The summed E-state index contributed by atoms with van der Waals surface area (Å²) in [7, 11) is -3.78. The van der Waals surface area contributed by atoms with E-state index in [1.54, 1.807) is 0 Å². The fourth-order valence-corrected chi connectivity index (χ4v) is 3.49. The maximum absolute atomic E-state index is 12.6. The number of amides is 2. The molecule has 7 heteroatoms. The second kappa shape index (κ2) is 8.46. The highest BCUT2D eigenvalue weighted by molar-refractivity contribution is 7.89. The number of anilines is 1. The predicted molar refractivity (Wildman–Crippen MR) is 114 cm³/mol. The van der Waals surface area contributed by atoms with Crippen LogP contribution in [0.3, 0.4) is 0 Å². The Hall–Kier alpha value is -3.16. The normalized spacial score (nSPS) is 12.2. The van der Waals surface area contributed by atoms with Gasteiger partial charge in [-0.3, -0.25) is 0 Å². The van der Waals surface area contributed by atoms with E-state index in [1.807, 2.05) is 56.3 Å². The topological polar surface area (TPSA) is 101 Å². The second-order valence-corrected chi connectivity index (χ2v) is 8.42. The Balaban J connectivity index is 1.82. The lowest BCUT2D eigenvalue weighted by Gasteiger charge is -2.21. The van der Waals surface area contributed by atoms with Crippen LogP contribution in [0.2, 0.25) is 0 Å². The smallest absolute Gasteiger partial charge is 0.319 e. The third kappa shape index (κ3) is 5.22. The zero-order valence-electron chi connectivity index (χ0n) is 16.2. The van der Waals surface area contributed by atoms with E-state index in [4.69, 9.17) is 5.14 Å². The third-order valence-electron chi connectivity index (χ3n) is 4.71. The van der Waals surface area contributed by atoms with Gasteiger partial charge in [-0.2, -0.15) is 0 Å². The Kier molecular flexibility index (Phi) is 6.00. The van der Waals surface area contributed by atoms with E-state index in [9.17, 15) is 13.2 Å². The molecule has 29 heavy (non-hydrogen) atoms. The highest BCUT2D eigenvalue weighted by Gasteiger charge is 2.17. The van der Waals surface area contributed by atoms with Crippen LogP contribution in [0.25, 0.3) is 0 Å². The van der Waals surface area contributed by atoms with E-state index in [0.29, 0.717) is 5.69 Å². The van der Waals surface area contributed by atoms with Gasteiger partial charge < -0.3 is 10.6 Å². The van der Waals surface area contributed by atoms with Crippen LogP contribution in [0, 0.1) is 13.8 Å². The number of aryl methyl sites for hydroxylation is 2. The van der Waals surface area contributed by atoms with E-state index in [2.05, 4.69) is 16.7 Å². The van der Waals surface area contributed by atoms with E-state index in [1.165, 1.54) is 29.8 Å². The average molecular weight is 410 g/mol. The van der Waals surface area contributed by atoms with Crippen molar-refractivity contribution in [2.45, 2.75) is 24.8 Å². The SMILES string of the molecule is Cc1ccc([C@H](NC(=O)Nc2ccc(S(N)(=O)=O)cc2)c2ccccc2)cc1C. The molecule has 0 fully saturated rings. The number of nitrogens with one attached hydrogen (secondary N) is 2. The minimum atomic E-state index is -3.78. The molecule has 6 nitrogen and oxygen atoms in total. The quantitative estimate of drug-likeness (QED) is 0.596. The van der Waals surface area contributed by atoms with Crippen molar-refractivity contribution in [1.82, 2.24) is 5.32 Å². The minimum Gasteiger partial charge on any atom is -0.327 e. The van der Waals surface area contributed by atoms with Gasteiger partial charge in [0.2, 0.25) is 10.0 Å². The molecule has 0 spiro atoms. The molecule has 2 amide bonds. The Morgan fingerprint density at radius 3 is 2.10 bits per heavy atom. The van der Waals surface area contributed by atoms with Crippen molar-refractivity contribution in [3.63, 3.8) is 0 Å². The van der Waals surface area contributed by atoms with E-state index in [0.717, 1.165) is 16.7 Å². The molecule has 0 radical (unpaired) electrons. The molecular weight excluding hydrogens is 386 g/mol. The summed E-state index contributed by atoms with van der Waals surface area (Å²) in [5, 5.41) is 10.8. The summed E-state index contributed by atoms with van der Waals surface area (Å²) in [5.41, 5.74) is 4.71. The summed E-state index contributed by atoms with van der Waals surface area (Å²) in [4.78, 5) is 12.6. The molecule has 1 atom stereocenters. The largest absolute Gasteiger partial charge is 0.327 e. The number of carbonyl (C=O) groups excluding carboxylic acids is 1. The first-order chi connectivity index (χ1) is 13.7. The summed E-state index contributed by atoms with van der Waals surface area (Å²) in [5.74, 6) is 0. The van der Waals surface area contributed by atoms with Crippen LogP contribution in [0.4, 0.5) is 10.5 Å². The van der Waals surface area contributed by atoms with Crippen molar-refractivity contribution in [2.24, 2.45) is 5.14 Å². The van der Waals surface area contributed by atoms with Crippen molar-refractivity contribution >= 4 is 21.7 Å². The van der Waals surface area contributed by atoms with Crippen LogP contribution in [0.15, 0.2) is 77.7 Å². The average Bonchev–Trinajstić information content (AvgIpc) is 2.69. The Bertz CT molecular complexity index is 1110. The molecule has 0 unspecified atom stereocenters. The van der Waals surface area contributed by atoms with Crippen molar-refractivity contribution in [3.05, 3.63) is 95.1 Å². The number of nitrogens with two attached hydrogens (primary N) is 1. The Morgan fingerprint density at radius 2 is 1.52 bits per heavy atom. The summed E-state index contributed by atoms with van der Waals surface area (Å²) >= 11 is 0. The Labute approximate surface area is 170 Å². The number of benzene rings is 3. The summed E-state index contributed by atoms with van der Waals surface area (Å²) < 4.78 is 22.7. The van der Waals surface area contributed by atoms with Crippen molar-refractivity contribution in [3.8, 4) is 0 Å². The molecule has 0 aliphatic heterocycles. The van der Waals surface area contributed by atoms with Gasteiger partial charge in [-0.15, -0.1) is 0 Å². The lowest BCUT2D eigenvalue weighted by Crippen LogP contribution is -2.33. The molecule has 3 rings (SSSR count). The van der Waals surface area contributed by atoms with Gasteiger partial charge >= 0.3 is 6.03 Å². The number of primary sulfonamides is 1. The molecular formula is C22H23N3O3S. The van der Waals surface area contributed by atoms with E-state index in [-0.39, 0.29) is 10.9 Å². The van der Waals surface area contributed by atoms with Gasteiger partial charge in [0, 0.05) is 5.69 Å². The van der Waals surface area contributed by atoms with E-state index >= 15 is 0 Å². The summed E-state index contributed by atoms with van der Waals surface area (Å²) in [6, 6.07) is 20.7. The predicted octanol–water partition coefficient (Wildman–Crippen LogP) is 3.86. The van der Waals surface area contributed by atoms with Crippen LogP contribution in [-0.2, 0) is 10.0 Å². The lowest BCUT2D eigenvalue weighted by molar-refractivity contribution is 0.250. The molecule has 0 bridgehead atoms. The van der Waals surface area contributed by atoms with Crippen LogP contribution in [0.5, 0.6) is 0 Å². The minimum absolute atomic E-state index is 0.0132. The first-order valence-electron chi connectivity index (χ1n) is 9.06. The lowest BCUT2D eigenvalue weighted by atomic mass is 9.96. The summed E-state index contributed by atoms with van der Waals surface area (Å²) in [6.45, 7) is 4.08. The number of carbonyl (C=O) groups is 1. The molecule has 3 aromatic carbocycles. The van der Waals surface area contributed by atoms with Gasteiger partial charge in [0.1, 0.15) is 0 Å². The first kappa shape index (κ1) is 20.6. The molecule has 0 saturated carbocycles. The zero-order chi connectivity index (χ0) is 21.0. The zero-order valence-corrected chi connectivity index (χ0v) is 17.0. The molecule has 0 aliphatic rings. The van der Waals surface area contributed by atoms with Crippen LogP contribution < -0.4 is 15.8 Å². The summed E-state index contributed by atoms with van der Waals surface area (Å²) in [6.07, 6.45) is 0. The standard InChI is InChI=1S/C22H23N3O3S/c1-15-8-9-18(14-16(15)2)21(17-6-4-3-5-7-17)25-22(26)24-19-10-12-20(13-11-19)29(23,27)28/h3-14,21H,1-2H3,(H2,23,27,28)(H2,24,25,26)/t21-/m1/s1. The van der Waals surface area contributed by atoms with Crippen molar-refractivity contribution in [2.75, 3.05) is 5.32 Å². The second-order valence-electron chi connectivity index (χ2n) is 6.86. The Morgan fingerprint density at radius 1 is 0.862 bits per heavy atom. The molecule has 150 valence electrons. The maximum atomic E-state index is 12.6. The number of urea groups is 1. The number of hydrogen-bond donors (Lipinski definition) is 3. The molecule has 4 N–H and O–H groups in total. The molecule has 0 saturated heterocycles. The fraction of sp³-hybridized carbons (Fsp3) is 0.136. The molecule has 3 aromatic rings. The molecule has 0 aliphatic carbocycles. The molecule has 0 heterocycles. The monoisotopic (exact) mass is 409 g/mol. The number of rotatable bonds is 5. The van der Waals surface area contributed by atoms with E-state index < -0.39 is 16.1 Å². The van der Waals surface area contributed by atoms with Gasteiger partial charge in [0.15, 0.2) is 0 Å². The van der Waals surface area contributed by atoms with Crippen LogP contribution in [-0.4, -0.2) is 14.4 Å². The maximum Gasteiger partial charge on any atom is 0.319 e. The van der Waals surface area contributed by atoms with Crippen LogP contribution >= 0.6 is 0 Å². The number of sulfonamides is 1. The van der Waals surface area contributed by atoms with Crippen molar-refractivity contribution < 1.29 is 13.2 Å². The third-order valence-corrected chi connectivity index (χ3v) is 5.64. The van der Waals surface area contributed by atoms with Crippen molar-refractivity contribution in [1.29, 1.82) is 0 Å². The van der Waals surface area contributed by atoms with Gasteiger partial charge in [-0.25, -0.2) is 18.4 Å². The van der Waals surface area contributed by atoms with Gasteiger partial charge in [-0.1, -0.05) is 48.5 Å². The number of hydrogen-bond acceptors (Lipinski definition) is 3. The van der Waals surface area contributed by atoms with Crippen LogP contribution in [0.1, 0.15) is 28.3 Å².